The van der Waals surface area contributed by atoms with Crippen LogP contribution in [0, 0.1) is 0 Å². The molecular formula is C60H112O6. The van der Waals surface area contributed by atoms with Crippen LogP contribution >= 0.6 is 0 Å². The number of ether oxygens (including phenoxy) is 3. The summed E-state index contributed by atoms with van der Waals surface area (Å²) < 4.78 is 16.9. The molecule has 0 aliphatic carbocycles. The molecule has 66 heavy (non-hydrogen) atoms. The van der Waals surface area contributed by atoms with Crippen LogP contribution in [-0.4, -0.2) is 37.2 Å². The quantitative estimate of drug-likeness (QED) is 0.0262. The van der Waals surface area contributed by atoms with Crippen molar-refractivity contribution in [2.24, 2.45) is 0 Å². The van der Waals surface area contributed by atoms with Crippen LogP contribution in [0.1, 0.15) is 323 Å². The van der Waals surface area contributed by atoms with E-state index in [-0.39, 0.29) is 31.1 Å². The predicted molar refractivity (Wildman–Crippen MR) is 284 cm³/mol. The van der Waals surface area contributed by atoms with Crippen molar-refractivity contribution in [3.05, 3.63) is 24.3 Å². The van der Waals surface area contributed by atoms with E-state index in [4.69, 9.17) is 14.2 Å². The highest BCUT2D eigenvalue weighted by Gasteiger charge is 2.19. The normalized spacial score (nSPS) is 12.1. The zero-order valence-corrected chi connectivity index (χ0v) is 44.5. The smallest absolute Gasteiger partial charge is 0.306 e. The second-order valence-corrected chi connectivity index (χ2v) is 19.9. The zero-order chi connectivity index (χ0) is 47.9. The maximum Gasteiger partial charge on any atom is 0.306 e. The van der Waals surface area contributed by atoms with E-state index in [1.54, 1.807) is 0 Å². The first-order valence-electron chi connectivity index (χ1n) is 29.3. The van der Waals surface area contributed by atoms with Gasteiger partial charge in [0.2, 0.25) is 0 Å². The molecule has 0 unspecified atom stereocenters. The van der Waals surface area contributed by atoms with Crippen molar-refractivity contribution in [3.63, 3.8) is 0 Å². The Balaban J connectivity index is 4.31. The van der Waals surface area contributed by atoms with Crippen molar-refractivity contribution in [3.8, 4) is 0 Å². The van der Waals surface area contributed by atoms with E-state index in [1.807, 2.05) is 0 Å². The summed E-state index contributed by atoms with van der Waals surface area (Å²) in [5.41, 5.74) is 0. The summed E-state index contributed by atoms with van der Waals surface area (Å²) in [5.74, 6) is -0.848. The van der Waals surface area contributed by atoms with Crippen molar-refractivity contribution >= 4 is 17.9 Å². The highest BCUT2D eigenvalue weighted by atomic mass is 16.6. The van der Waals surface area contributed by atoms with Crippen LogP contribution in [0.5, 0.6) is 0 Å². The molecule has 0 saturated heterocycles. The van der Waals surface area contributed by atoms with Crippen molar-refractivity contribution in [2.45, 2.75) is 329 Å². The number of carbonyl (C=O) groups excluding carboxylic acids is 3. The van der Waals surface area contributed by atoms with E-state index >= 15 is 0 Å². The van der Waals surface area contributed by atoms with E-state index in [0.29, 0.717) is 19.3 Å². The highest BCUT2D eigenvalue weighted by Crippen LogP contribution is 2.17. The van der Waals surface area contributed by atoms with Crippen molar-refractivity contribution in [1.29, 1.82) is 0 Å². The second-order valence-electron chi connectivity index (χ2n) is 19.9. The fourth-order valence-corrected chi connectivity index (χ4v) is 8.77. The van der Waals surface area contributed by atoms with Gasteiger partial charge < -0.3 is 14.2 Å². The fraction of sp³-hybridized carbons (Fsp3) is 0.883. The van der Waals surface area contributed by atoms with Crippen LogP contribution in [0.2, 0.25) is 0 Å². The minimum Gasteiger partial charge on any atom is -0.462 e. The molecule has 6 heteroatoms. The number of allylic oxidation sites excluding steroid dienone is 4. The van der Waals surface area contributed by atoms with Gasteiger partial charge in [0, 0.05) is 19.3 Å². The molecule has 0 aromatic rings. The molecule has 0 radical (unpaired) electrons. The average molecular weight is 930 g/mol. The monoisotopic (exact) mass is 929 g/mol. The van der Waals surface area contributed by atoms with Crippen molar-refractivity contribution in [1.82, 2.24) is 0 Å². The van der Waals surface area contributed by atoms with Gasteiger partial charge in [-0.15, -0.1) is 0 Å². The SMILES string of the molecule is CCCCC/C=C\C/C=C\CCCCCCCCCCCC(=O)OC[C@@H](COC(=O)CCCCCCCCCCCCCCC)OC(=O)CCCCCCCCCCCCCCCCCC. The molecule has 0 bridgehead atoms. The van der Waals surface area contributed by atoms with Gasteiger partial charge in [0.1, 0.15) is 13.2 Å². The van der Waals surface area contributed by atoms with Gasteiger partial charge in [-0.3, -0.25) is 14.4 Å². The Labute approximate surface area is 411 Å². The Hall–Kier alpha value is -2.11. The Bertz CT molecular complexity index is 1070. The molecule has 0 saturated carbocycles. The molecule has 1 atom stereocenters. The number of esters is 3. The maximum absolute atomic E-state index is 12.9. The largest absolute Gasteiger partial charge is 0.462 e. The summed E-state index contributed by atoms with van der Waals surface area (Å²) in [4.78, 5) is 38.1. The predicted octanol–water partition coefficient (Wildman–Crippen LogP) is 19.5. The lowest BCUT2D eigenvalue weighted by Gasteiger charge is -2.18. The molecule has 0 fully saturated rings. The summed E-state index contributed by atoms with van der Waals surface area (Å²) in [5, 5.41) is 0. The first-order valence-corrected chi connectivity index (χ1v) is 29.3. The Morgan fingerprint density at radius 2 is 0.545 bits per heavy atom. The van der Waals surface area contributed by atoms with Gasteiger partial charge in [-0.05, 0) is 51.4 Å². The van der Waals surface area contributed by atoms with Crippen LogP contribution in [-0.2, 0) is 28.6 Å². The van der Waals surface area contributed by atoms with Gasteiger partial charge in [-0.1, -0.05) is 276 Å². The summed E-state index contributed by atoms with van der Waals surface area (Å²) in [7, 11) is 0. The molecule has 0 aliphatic rings. The molecule has 0 spiro atoms. The number of carbonyl (C=O) groups is 3. The molecule has 0 aliphatic heterocycles. The molecular weight excluding hydrogens is 817 g/mol. The van der Waals surface area contributed by atoms with E-state index < -0.39 is 6.10 Å². The molecule has 0 rings (SSSR count). The lowest BCUT2D eigenvalue weighted by Crippen LogP contribution is -2.30. The summed E-state index contributed by atoms with van der Waals surface area (Å²) in [6, 6.07) is 0. The number of hydrogen-bond acceptors (Lipinski definition) is 6. The van der Waals surface area contributed by atoms with Crippen LogP contribution in [0.4, 0.5) is 0 Å². The van der Waals surface area contributed by atoms with Crippen LogP contribution in [0.25, 0.3) is 0 Å². The highest BCUT2D eigenvalue weighted by molar-refractivity contribution is 5.71. The van der Waals surface area contributed by atoms with E-state index in [1.165, 1.54) is 218 Å². The van der Waals surface area contributed by atoms with Gasteiger partial charge in [-0.25, -0.2) is 0 Å². The molecule has 0 aromatic carbocycles. The van der Waals surface area contributed by atoms with Crippen molar-refractivity contribution in [2.75, 3.05) is 13.2 Å². The van der Waals surface area contributed by atoms with Gasteiger partial charge in [0.25, 0.3) is 0 Å². The first kappa shape index (κ1) is 63.9. The van der Waals surface area contributed by atoms with Crippen LogP contribution in [0.15, 0.2) is 24.3 Å². The third kappa shape index (κ3) is 52.9. The molecule has 0 heterocycles. The minimum atomic E-state index is -0.767. The number of hydrogen-bond donors (Lipinski definition) is 0. The van der Waals surface area contributed by atoms with Crippen LogP contribution < -0.4 is 0 Å². The standard InChI is InChI=1S/C60H112O6/c1-4-7-10-13-16-19-22-25-27-29-30-31-33-35-38-41-44-47-50-53-59(62)65-56-57(55-64-58(61)52-49-46-43-40-37-34-24-21-18-15-12-9-6-3)66-60(63)54-51-48-45-42-39-36-32-28-26-23-20-17-14-11-8-5-2/h16,19,25,27,57H,4-15,17-18,20-24,26,28-56H2,1-3H3/b19-16-,27-25-/t57-/m1/s1. The first-order chi connectivity index (χ1) is 32.5. The lowest BCUT2D eigenvalue weighted by atomic mass is 10.0. The Morgan fingerprint density at radius 1 is 0.303 bits per heavy atom. The molecule has 0 N–H and O–H groups in total. The van der Waals surface area contributed by atoms with Crippen LogP contribution in [0.3, 0.4) is 0 Å². The van der Waals surface area contributed by atoms with Gasteiger partial charge in [-0.2, -0.15) is 0 Å². The second kappa shape index (κ2) is 55.5. The Morgan fingerprint density at radius 3 is 0.864 bits per heavy atom. The average Bonchev–Trinajstić information content (AvgIpc) is 3.31. The summed E-state index contributed by atoms with van der Waals surface area (Å²) in [6.07, 6.45) is 64.5. The minimum absolute atomic E-state index is 0.0667. The van der Waals surface area contributed by atoms with Gasteiger partial charge in [0.15, 0.2) is 6.10 Å². The topological polar surface area (TPSA) is 78.9 Å². The number of rotatable bonds is 54. The van der Waals surface area contributed by atoms with E-state index in [2.05, 4.69) is 45.1 Å². The van der Waals surface area contributed by atoms with Gasteiger partial charge >= 0.3 is 17.9 Å². The number of unbranched alkanes of at least 4 members (excludes halogenated alkanes) is 39. The fourth-order valence-electron chi connectivity index (χ4n) is 8.77. The molecule has 388 valence electrons. The molecule has 6 nitrogen and oxygen atoms in total. The zero-order valence-electron chi connectivity index (χ0n) is 44.5. The molecule has 0 amide bonds. The Kier molecular flexibility index (Phi) is 53.7. The molecule has 0 aromatic heterocycles. The lowest BCUT2D eigenvalue weighted by molar-refractivity contribution is -0.167. The van der Waals surface area contributed by atoms with E-state index in [9.17, 15) is 14.4 Å². The summed E-state index contributed by atoms with van der Waals surface area (Å²) in [6.45, 7) is 6.66. The third-order valence-electron chi connectivity index (χ3n) is 13.2. The summed E-state index contributed by atoms with van der Waals surface area (Å²) >= 11 is 0. The third-order valence-corrected chi connectivity index (χ3v) is 13.2. The van der Waals surface area contributed by atoms with E-state index in [0.717, 1.165) is 64.2 Å². The maximum atomic E-state index is 12.9. The van der Waals surface area contributed by atoms with Gasteiger partial charge in [0.05, 0.1) is 0 Å². The van der Waals surface area contributed by atoms with Crippen molar-refractivity contribution < 1.29 is 28.6 Å².